The average molecular weight is 257 g/mol. The number of carbonyl (C=O) groups excluding carboxylic acids is 1. The second-order valence-corrected chi connectivity index (χ2v) is 5.09. The Kier molecular flexibility index (Phi) is 12.5. The molecule has 0 amide bonds. The van der Waals surface area contributed by atoms with Crippen molar-refractivity contribution in [1.29, 1.82) is 0 Å². The second kappa shape index (κ2) is 12.9. The molecule has 3 nitrogen and oxygen atoms in total. The Balaban J connectivity index is 3.24. The lowest BCUT2D eigenvalue weighted by molar-refractivity contribution is -0.147. The van der Waals surface area contributed by atoms with E-state index in [9.17, 15) is 4.79 Å². The maximum atomic E-state index is 11.2. The molecular formula is C15H31NO2. The van der Waals surface area contributed by atoms with Gasteiger partial charge in [-0.2, -0.15) is 0 Å². The normalized spacial score (nSPS) is 12.4. The van der Waals surface area contributed by atoms with Crippen LogP contribution in [0.25, 0.3) is 0 Å². The van der Waals surface area contributed by atoms with Gasteiger partial charge in [-0.25, -0.2) is 0 Å². The highest BCUT2D eigenvalue weighted by Crippen LogP contribution is 2.11. The first kappa shape index (κ1) is 17.4. The van der Waals surface area contributed by atoms with Crippen LogP contribution in [0.4, 0.5) is 0 Å². The number of rotatable bonds is 12. The first-order valence-corrected chi connectivity index (χ1v) is 7.54. The van der Waals surface area contributed by atoms with E-state index in [0.717, 1.165) is 6.42 Å². The number of esters is 1. The molecule has 108 valence electrons. The number of hydrogen-bond donors (Lipinski definition) is 1. The van der Waals surface area contributed by atoms with E-state index < -0.39 is 0 Å². The van der Waals surface area contributed by atoms with Crippen LogP contribution in [0.3, 0.4) is 0 Å². The highest BCUT2D eigenvalue weighted by molar-refractivity contribution is 5.71. The summed E-state index contributed by atoms with van der Waals surface area (Å²) in [4.78, 5) is 11.2. The summed E-state index contributed by atoms with van der Waals surface area (Å²) < 4.78 is 5.25. The molecule has 0 aliphatic carbocycles. The molecule has 0 aromatic carbocycles. The minimum Gasteiger partial charge on any atom is -0.462 e. The zero-order valence-electron chi connectivity index (χ0n) is 12.5. The number of unbranched alkanes of at least 4 members (excludes halogenated alkanes) is 7. The summed E-state index contributed by atoms with van der Waals surface area (Å²) in [5, 5.41) is 2.80. The SMILES string of the molecule is CCCCCCCCCCC(C)OC(=O)CNC. The quantitative estimate of drug-likeness (QED) is 0.428. The summed E-state index contributed by atoms with van der Waals surface area (Å²) in [6.07, 6.45) is 11.6. The third-order valence-corrected chi connectivity index (χ3v) is 3.12. The average Bonchev–Trinajstić information content (AvgIpc) is 2.32. The Labute approximate surface area is 113 Å². The smallest absolute Gasteiger partial charge is 0.320 e. The van der Waals surface area contributed by atoms with Crippen LogP contribution in [0, 0.1) is 0 Å². The van der Waals surface area contributed by atoms with Crippen LogP contribution in [0.5, 0.6) is 0 Å². The number of hydrogen-bond acceptors (Lipinski definition) is 3. The van der Waals surface area contributed by atoms with Crippen molar-refractivity contribution in [2.24, 2.45) is 0 Å². The molecule has 0 aliphatic rings. The Morgan fingerprint density at radius 3 is 2.17 bits per heavy atom. The van der Waals surface area contributed by atoms with Crippen molar-refractivity contribution >= 4 is 5.97 Å². The largest absolute Gasteiger partial charge is 0.462 e. The van der Waals surface area contributed by atoms with Gasteiger partial charge in [-0.3, -0.25) is 4.79 Å². The van der Waals surface area contributed by atoms with Crippen LogP contribution >= 0.6 is 0 Å². The van der Waals surface area contributed by atoms with E-state index >= 15 is 0 Å². The molecule has 0 radical (unpaired) electrons. The fraction of sp³-hybridized carbons (Fsp3) is 0.933. The summed E-state index contributed by atoms with van der Waals surface area (Å²) in [7, 11) is 1.75. The molecule has 1 N–H and O–H groups in total. The third-order valence-electron chi connectivity index (χ3n) is 3.12. The maximum Gasteiger partial charge on any atom is 0.320 e. The van der Waals surface area contributed by atoms with Crippen LogP contribution in [0.1, 0.15) is 71.6 Å². The molecule has 0 bridgehead atoms. The van der Waals surface area contributed by atoms with E-state index in [1.165, 1.54) is 51.4 Å². The van der Waals surface area contributed by atoms with Gasteiger partial charge in [0.2, 0.25) is 0 Å². The minimum atomic E-state index is -0.149. The van der Waals surface area contributed by atoms with E-state index in [-0.39, 0.29) is 12.1 Å². The second-order valence-electron chi connectivity index (χ2n) is 5.09. The van der Waals surface area contributed by atoms with Gasteiger partial charge in [0, 0.05) is 0 Å². The van der Waals surface area contributed by atoms with Crippen LogP contribution in [-0.2, 0) is 9.53 Å². The molecule has 0 heterocycles. The molecule has 1 atom stereocenters. The van der Waals surface area contributed by atoms with Gasteiger partial charge in [0.25, 0.3) is 0 Å². The third kappa shape index (κ3) is 11.9. The number of carbonyl (C=O) groups is 1. The van der Waals surface area contributed by atoms with Gasteiger partial charge in [0.05, 0.1) is 12.6 Å². The summed E-state index contributed by atoms with van der Waals surface area (Å²) >= 11 is 0. The maximum absolute atomic E-state index is 11.2. The summed E-state index contributed by atoms with van der Waals surface area (Å²) in [5.41, 5.74) is 0. The van der Waals surface area contributed by atoms with Crippen molar-refractivity contribution in [2.45, 2.75) is 77.7 Å². The molecule has 0 rings (SSSR count). The van der Waals surface area contributed by atoms with E-state index in [1.54, 1.807) is 7.05 Å². The zero-order chi connectivity index (χ0) is 13.6. The fourth-order valence-electron chi connectivity index (χ4n) is 2.04. The van der Waals surface area contributed by atoms with Crippen LogP contribution in [-0.4, -0.2) is 25.7 Å². The first-order chi connectivity index (χ1) is 8.70. The van der Waals surface area contributed by atoms with E-state index in [1.807, 2.05) is 6.92 Å². The monoisotopic (exact) mass is 257 g/mol. The highest BCUT2D eigenvalue weighted by atomic mass is 16.5. The molecule has 0 fully saturated rings. The van der Waals surface area contributed by atoms with Gasteiger partial charge in [0.15, 0.2) is 0 Å². The number of likely N-dealkylation sites (N-methyl/N-ethyl adjacent to an activating group) is 1. The Morgan fingerprint density at radius 2 is 1.61 bits per heavy atom. The highest BCUT2D eigenvalue weighted by Gasteiger charge is 2.07. The summed E-state index contributed by atoms with van der Waals surface area (Å²) in [6.45, 7) is 4.54. The molecular weight excluding hydrogens is 226 g/mol. The lowest BCUT2D eigenvalue weighted by atomic mass is 10.1. The van der Waals surface area contributed by atoms with E-state index in [2.05, 4.69) is 12.2 Å². The molecule has 0 aromatic heterocycles. The molecule has 1 unspecified atom stereocenters. The Bertz CT molecular complexity index is 195. The molecule has 0 aliphatic heterocycles. The lowest BCUT2D eigenvalue weighted by Gasteiger charge is -2.12. The molecule has 18 heavy (non-hydrogen) atoms. The molecule has 0 spiro atoms. The van der Waals surface area contributed by atoms with Crippen molar-refractivity contribution in [2.75, 3.05) is 13.6 Å². The molecule has 3 heteroatoms. The van der Waals surface area contributed by atoms with Crippen molar-refractivity contribution in [1.82, 2.24) is 5.32 Å². The standard InChI is InChI=1S/C15H31NO2/c1-4-5-6-7-8-9-10-11-12-14(2)18-15(17)13-16-3/h14,16H,4-13H2,1-3H3. The zero-order valence-corrected chi connectivity index (χ0v) is 12.5. The summed E-state index contributed by atoms with van der Waals surface area (Å²) in [6, 6.07) is 0. The van der Waals surface area contributed by atoms with Gasteiger partial charge >= 0.3 is 5.97 Å². The van der Waals surface area contributed by atoms with E-state index in [4.69, 9.17) is 4.74 Å². The van der Waals surface area contributed by atoms with Gasteiger partial charge in [-0.05, 0) is 26.8 Å². The van der Waals surface area contributed by atoms with Crippen molar-refractivity contribution in [3.63, 3.8) is 0 Å². The Hall–Kier alpha value is -0.570. The molecule has 0 saturated heterocycles. The number of nitrogens with one attached hydrogen (secondary N) is 1. The first-order valence-electron chi connectivity index (χ1n) is 7.54. The van der Waals surface area contributed by atoms with E-state index in [0.29, 0.717) is 6.54 Å². The van der Waals surface area contributed by atoms with Crippen LogP contribution in [0.2, 0.25) is 0 Å². The molecule has 0 aromatic rings. The Morgan fingerprint density at radius 1 is 1.06 bits per heavy atom. The fourth-order valence-corrected chi connectivity index (χ4v) is 2.04. The van der Waals surface area contributed by atoms with Gasteiger partial charge in [-0.1, -0.05) is 51.9 Å². The van der Waals surface area contributed by atoms with Crippen molar-refractivity contribution in [3.8, 4) is 0 Å². The summed E-state index contributed by atoms with van der Waals surface area (Å²) in [5.74, 6) is -0.149. The number of ether oxygens (including phenoxy) is 1. The predicted octanol–water partition coefficient (Wildman–Crippen LogP) is 3.67. The van der Waals surface area contributed by atoms with Crippen molar-refractivity contribution < 1.29 is 9.53 Å². The minimum absolute atomic E-state index is 0.0611. The van der Waals surface area contributed by atoms with Gasteiger partial charge < -0.3 is 10.1 Å². The lowest BCUT2D eigenvalue weighted by Crippen LogP contribution is -2.24. The van der Waals surface area contributed by atoms with Gasteiger partial charge in [0.1, 0.15) is 0 Å². The topological polar surface area (TPSA) is 38.3 Å². The van der Waals surface area contributed by atoms with Crippen LogP contribution in [0.15, 0.2) is 0 Å². The van der Waals surface area contributed by atoms with Crippen molar-refractivity contribution in [3.05, 3.63) is 0 Å². The van der Waals surface area contributed by atoms with Gasteiger partial charge in [-0.15, -0.1) is 0 Å². The van der Waals surface area contributed by atoms with Crippen LogP contribution < -0.4 is 5.32 Å². The predicted molar refractivity (Wildman–Crippen MR) is 76.7 cm³/mol. The molecule has 0 saturated carbocycles.